The van der Waals surface area contributed by atoms with E-state index in [1.807, 2.05) is 42.5 Å². The number of halogens is 1. The van der Waals surface area contributed by atoms with Crippen molar-refractivity contribution in [1.82, 2.24) is 0 Å². The van der Waals surface area contributed by atoms with Crippen molar-refractivity contribution in [1.29, 1.82) is 0 Å². The Kier molecular flexibility index (Phi) is 3.71. The van der Waals surface area contributed by atoms with E-state index in [4.69, 9.17) is 4.74 Å². The third-order valence-corrected chi connectivity index (χ3v) is 3.94. The third kappa shape index (κ3) is 2.86. The first-order chi connectivity index (χ1) is 11.8. The van der Waals surface area contributed by atoms with E-state index in [1.165, 1.54) is 12.1 Å². The zero-order valence-electron chi connectivity index (χ0n) is 12.8. The molecule has 4 rings (SSSR count). The van der Waals surface area contributed by atoms with Crippen molar-refractivity contribution in [2.75, 3.05) is 5.32 Å². The van der Waals surface area contributed by atoms with Gasteiger partial charge in [-0.25, -0.2) is 4.39 Å². The zero-order valence-corrected chi connectivity index (χ0v) is 12.8. The maximum absolute atomic E-state index is 12.9. The van der Waals surface area contributed by atoms with Crippen molar-refractivity contribution in [2.24, 2.45) is 4.99 Å². The number of nitrogens with zero attached hydrogens (tertiary/aromatic N) is 1. The molecule has 0 aromatic heterocycles. The second-order valence-corrected chi connectivity index (χ2v) is 5.54. The van der Waals surface area contributed by atoms with Gasteiger partial charge in [0.1, 0.15) is 23.4 Å². The number of fused-ring (bicyclic) bond motifs is 1. The van der Waals surface area contributed by atoms with Gasteiger partial charge in [0.15, 0.2) is 0 Å². The Labute approximate surface area is 139 Å². The SMILES string of the molecule is Fc1ccc(Oc2ccc(C3N=CNc4ccccc43)cc2)cc1. The first-order valence-electron chi connectivity index (χ1n) is 7.70. The molecule has 3 aromatic rings. The topological polar surface area (TPSA) is 33.6 Å². The van der Waals surface area contributed by atoms with Crippen LogP contribution in [-0.2, 0) is 0 Å². The average molecular weight is 318 g/mol. The van der Waals surface area contributed by atoms with Gasteiger partial charge >= 0.3 is 0 Å². The summed E-state index contributed by atoms with van der Waals surface area (Å²) in [5, 5.41) is 3.16. The molecule has 1 aliphatic heterocycles. The van der Waals surface area contributed by atoms with Crippen molar-refractivity contribution in [3.8, 4) is 11.5 Å². The molecule has 1 aliphatic rings. The molecule has 3 aromatic carbocycles. The molecule has 1 N–H and O–H groups in total. The van der Waals surface area contributed by atoms with Gasteiger partial charge in [-0.05, 0) is 48.0 Å². The highest BCUT2D eigenvalue weighted by Gasteiger charge is 2.18. The van der Waals surface area contributed by atoms with Gasteiger partial charge in [0.25, 0.3) is 0 Å². The summed E-state index contributed by atoms with van der Waals surface area (Å²) in [5.74, 6) is 1.03. The largest absolute Gasteiger partial charge is 0.457 e. The van der Waals surface area contributed by atoms with Gasteiger partial charge in [-0.1, -0.05) is 30.3 Å². The van der Waals surface area contributed by atoms with E-state index in [-0.39, 0.29) is 11.9 Å². The van der Waals surface area contributed by atoms with Crippen LogP contribution in [0.4, 0.5) is 10.1 Å². The lowest BCUT2D eigenvalue weighted by molar-refractivity contribution is 0.480. The molecule has 1 atom stereocenters. The number of hydrogen-bond donors (Lipinski definition) is 1. The predicted octanol–water partition coefficient (Wildman–Crippen LogP) is 5.16. The minimum absolute atomic E-state index is 0.0256. The third-order valence-electron chi connectivity index (χ3n) is 3.94. The van der Waals surface area contributed by atoms with Crippen LogP contribution in [0.5, 0.6) is 11.5 Å². The number of aliphatic imine (C=N–C) groups is 1. The molecule has 24 heavy (non-hydrogen) atoms. The standard InChI is InChI=1S/C20H15FN2O/c21-15-7-11-17(12-8-15)24-16-9-5-14(6-10-16)20-18-3-1-2-4-19(18)22-13-23-20/h1-13,20H,(H,22,23). The van der Waals surface area contributed by atoms with E-state index in [2.05, 4.69) is 16.4 Å². The monoisotopic (exact) mass is 318 g/mol. The number of benzene rings is 3. The Bertz CT molecular complexity index is 873. The number of nitrogens with one attached hydrogen (secondary N) is 1. The first-order valence-corrected chi connectivity index (χ1v) is 7.70. The van der Waals surface area contributed by atoms with Crippen molar-refractivity contribution in [3.05, 3.63) is 89.7 Å². The first kappa shape index (κ1) is 14.5. The van der Waals surface area contributed by atoms with Crippen LogP contribution in [0, 0.1) is 5.82 Å². The van der Waals surface area contributed by atoms with E-state index in [0.29, 0.717) is 11.5 Å². The van der Waals surface area contributed by atoms with Gasteiger partial charge in [-0.2, -0.15) is 0 Å². The normalized spacial score (nSPS) is 15.5. The highest BCUT2D eigenvalue weighted by molar-refractivity contribution is 5.81. The molecular formula is C20H15FN2O. The van der Waals surface area contributed by atoms with Crippen LogP contribution in [0.1, 0.15) is 17.2 Å². The van der Waals surface area contributed by atoms with Gasteiger partial charge in [-0.15, -0.1) is 0 Å². The molecule has 0 amide bonds. The van der Waals surface area contributed by atoms with E-state index >= 15 is 0 Å². The summed E-state index contributed by atoms with van der Waals surface area (Å²) < 4.78 is 18.7. The van der Waals surface area contributed by atoms with Gasteiger partial charge in [0.2, 0.25) is 0 Å². The summed E-state index contributed by atoms with van der Waals surface area (Å²) >= 11 is 0. The Balaban J connectivity index is 1.57. The van der Waals surface area contributed by atoms with Gasteiger partial charge in [0, 0.05) is 11.3 Å². The number of hydrogen-bond acceptors (Lipinski definition) is 3. The molecule has 1 unspecified atom stereocenters. The molecule has 0 saturated carbocycles. The fourth-order valence-electron chi connectivity index (χ4n) is 2.75. The van der Waals surface area contributed by atoms with Gasteiger partial charge < -0.3 is 10.1 Å². The molecule has 0 saturated heterocycles. The highest BCUT2D eigenvalue weighted by atomic mass is 19.1. The molecule has 118 valence electrons. The highest BCUT2D eigenvalue weighted by Crippen LogP contribution is 2.34. The minimum Gasteiger partial charge on any atom is -0.457 e. The number of para-hydroxylation sites is 1. The second kappa shape index (κ2) is 6.16. The molecule has 0 bridgehead atoms. The van der Waals surface area contributed by atoms with Crippen molar-refractivity contribution < 1.29 is 9.13 Å². The Morgan fingerprint density at radius 1 is 0.833 bits per heavy atom. The Hall–Kier alpha value is -3.14. The fraction of sp³-hybridized carbons (Fsp3) is 0.0500. The molecule has 0 fully saturated rings. The van der Waals surface area contributed by atoms with Crippen LogP contribution < -0.4 is 10.1 Å². The van der Waals surface area contributed by atoms with E-state index in [1.54, 1.807) is 18.5 Å². The number of rotatable bonds is 3. The number of ether oxygens (including phenoxy) is 1. The van der Waals surface area contributed by atoms with Crippen LogP contribution >= 0.6 is 0 Å². The van der Waals surface area contributed by atoms with Crippen LogP contribution in [0.2, 0.25) is 0 Å². The van der Waals surface area contributed by atoms with Crippen molar-refractivity contribution >= 4 is 12.0 Å². The maximum atomic E-state index is 12.9. The lowest BCUT2D eigenvalue weighted by Gasteiger charge is -2.21. The molecule has 0 radical (unpaired) electrons. The average Bonchev–Trinajstić information content (AvgIpc) is 2.64. The van der Waals surface area contributed by atoms with E-state index < -0.39 is 0 Å². The molecule has 3 nitrogen and oxygen atoms in total. The quantitative estimate of drug-likeness (QED) is 0.723. The van der Waals surface area contributed by atoms with E-state index in [9.17, 15) is 4.39 Å². The summed E-state index contributed by atoms with van der Waals surface area (Å²) in [4.78, 5) is 4.55. The van der Waals surface area contributed by atoms with Gasteiger partial charge in [-0.3, -0.25) is 4.99 Å². The number of anilines is 1. The molecule has 4 heteroatoms. The fourth-order valence-corrected chi connectivity index (χ4v) is 2.75. The Morgan fingerprint density at radius 2 is 1.50 bits per heavy atom. The molecule has 1 heterocycles. The zero-order chi connectivity index (χ0) is 16.4. The summed E-state index contributed by atoms with van der Waals surface area (Å²) in [6.45, 7) is 0. The van der Waals surface area contributed by atoms with Crippen molar-refractivity contribution in [3.63, 3.8) is 0 Å². The van der Waals surface area contributed by atoms with Crippen LogP contribution in [0.3, 0.4) is 0 Å². The summed E-state index contributed by atoms with van der Waals surface area (Å²) in [5.41, 5.74) is 3.31. The minimum atomic E-state index is -0.278. The lowest BCUT2D eigenvalue weighted by atomic mass is 9.97. The van der Waals surface area contributed by atoms with Crippen molar-refractivity contribution in [2.45, 2.75) is 6.04 Å². The second-order valence-electron chi connectivity index (χ2n) is 5.54. The Morgan fingerprint density at radius 3 is 2.25 bits per heavy atom. The van der Waals surface area contributed by atoms with Gasteiger partial charge in [0.05, 0.1) is 6.34 Å². The smallest absolute Gasteiger partial charge is 0.127 e. The summed E-state index contributed by atoms with van der Waals surface area (Å²) in [6, 6.07) is 21.9. The van der Waals surface area contributed by atoms with E-state index in [0.717, 1.165) is 16.8 Å². The summed E-state index contributed by atoms with van der Waals surface area (Å²) in [6.07, 6.45) is 1.73. The van der Waals surface area contributed by atoms with Crippen LogP contribution in [0.15, 0.2) is 77.8 Å². The molecular weight excluding hydrogens is 303 g/mol. The lowest BCUT2D eigenvalue weighted by Crippen LogP contribution is -2.11. The molecule has 0 aliphatic carbocycles. The predicted molar refractivity (Wildman–Crippen MR) is 93.3 cm³/mol. The van der Waals surface area contributed by atoms with Crippen LogP contribution in [0.25, 0.3) is 0 Å². The van der Waals surface area contributed by atoms with Crippen LogP contribution in [-0.4, -0.2) is 6.34 Å². The maximum Gasteiger partial charge on any atom is 0.127 e. The molecule has 0 spiro atoms. The summed E-state index contributed by atoms with van der Waals surface area (Å²) in [7, 11) is 0.